The predicted octanol–water partition coefficient (Wildman–Crippen LogP) is 2.48. The zero-order valence-corrected chi connectivity index (χ0v) is 16.8. The summed E-state index contributed by atoms with van der Waals surface area (Å²) < 4.78 is 10.6. The fourth-order valence-corrected chi connectivity index (χ4v) is 3.43. The number of piperazine rings is 1. The van der Waals surface area contributed by atoms with Crippen LogP contribution in [0.1, 0.15) is 11.1 Å². The molecule has 3 rings (SSSR count). The second-order valence-electron chi connectivity index (χ2n) is 6.81. The Morgan fingerprint density at radius 2 is 1.86 bits per heavy atom. The number of carbonyl (C=O) groups is 1. The molecule has 0 aliphatic carbocycles. The van der Waals surface area contributed by atoms with Gasteiger partial charge in [-0.05, 0) is 42.7 Å². The number of ether oxygens (including phenoxy) is 2. The van der Waals surface area contributed by atoms with Gasteiger partial charge in [0.15, 0.2) is 11.5 Å². The fourth-order valence-electron chi connectivity index (χ4n) is 3.43. The summed E-state index contributed by atoms with van der Waals surface area (Å²) in [6.45, 7) is 5.73. The van der Waals surface area contributed by atoms with Gasteiger partial charge in [0.05, 0.1) is 14.2 Å². The smallest absolute Gasteiger partial charge is 0.317 e. The van der Waals surface area contributed by atoms with Crippen molar-refractivity contribution in [3.8, 4) is 11.5 Å². The van der Waals surface area contributed by atoms with E-state index in [0.29, 0.717) is 31.1 Å². The molecule has 1 aliphatic rings. The molecule has 28 heavy (non-hydrogen) atoms. The maximum Gasteiger partial charge on any atom is 0.317 e. The van der Waals surface area contributed by atoms with E-state index in [1.54, 1.807) is 14.2 Å². The van der Waals surface area contributed by atoms with Crippen molar-refractivity contribution in [1.29, 1.82) is 0 Å². The molecule has 0 unspecified atom stereocenters. The highest BCUT2D eigenvalue weighted by Gasteiger charge is 2.21. The number of nitrogens with zero attached hydrogens (tertiary/aromatic N) is 3. The maximum absolute atomic E-state index is 12.5. The molecule has 0 spiro atoms. The lowest BCUT2D eigenvalue weighted by molar-refractivity contribution is 0.194. The number of hydrogen-bond donors (Lipinski definition) is 1. The molecule has 1 fully saturated rings. The second kappa shape index (κ2) is 9.30. The Bertz CT molecular complexity index is 804. The minimum Gasteiger partial charge on any atom is -0.493 e. The number of pyridine rings is 1. The Balaban J connectivity index is 1.46. The van der Waals surface area contributed by atoms with Crippen LogP contribution in [-0.2, 0) is 6.42 Å². The summed E-state index contributed by atoms with van der Waals surface area (Å²) in [7, 11) is 3.24. The number of urea groups is 1. The van der Waals surface area contributed by atoms with Crippen molar-refractivity contribution in [3.63, 3.8) is 0 Å². The van der Waals surface area contributed by atoms with E-state index >= 15 is 0 Å². The zero-order valence-electron chi connectivity index (χ0n) is 16.8. The van der Waals surface area contributed by atoms with Crippen LogP contribution in [-0.4, -0.2) is 62.9 Å². The first-order valence-corrected chi connectivity index (χ1v) is 9.51. The van der Waals surface area contributed by atoms with Crippen LogP contribution in [0.25, 0.3) is 0 Å². The van der Waals surface area contributed by atoms with Gasteiger partial charge in [-0.1, -0.05) is 6.07 Å². The topological polar surface area (TPSA) is 66.9 Å². The first-order chi connectivity index (χ1) is 13.6. The minimum absolute atomic E-state index is 0.00780. The van der Waals surface area contributed by atoms with Gasteiger partial charge in [0.25, 0.3) is 0 Å². The van der Waals surface area contributed by atoms with Gasteiger partial charge in [-0.25, -0.2) is 4.79 Å². The summed E-state index contributed by atoms with van der Waals surface area (Å²) in [6.07, 6.45) is 4.43. The van der Waals surface area contributed by atoms with Gasteiger partial charge in [-0.15, -0.1) is 0 Å². The Kier molecular flexibility index (Phi) is 6.57. The monoisotopic (exact) mass is 384 g/mol. The predicted molar refractivity (Wildman–Crippen MR) is 109 cm³/mol. The summed E-state index contributed by atoms with van der Waals surface area (Å²) in [5.41, 5.74) is 3.45. The molecule has 2 aromatic rings. The van der Waals surface area contributed by atoms with Crippen molar-refractivity contribution >= 4 is 11.7 Å². The molecular formula is C21H28N4O3. The van der Waals surface area contributed by atoms with Crippen molar-refractivity contribution in [2.45, 2.75) is 13.3 Å². The van der Waals surface area contributed by atoms with E-state index in [2.05, 4.69) is 22.1 Å². The highest BCUT2D eigenvalue weighted by Crippen LogP contribution is 2.27. The van der Waals surface area contributed by atoms with Crippen molar-refractivity contribution in [3.05, 3.63) is 47.8 Å². The minimum atomic E-state index is -0.00780. The molecular weight excluding hydrogens is 356 g/mol. The van der Waals surface area contributed by atoms with E-state index in [4.69, 9.17) is 9.47 Å². The van der Waals surface area contributed by atoms with Gasteiger partial charge in [-0.2, -0.15) is 0 Å². The number of carbonyl (C=O) groups excluding carboxylic acids is 1. The van der Waals surface area contributed by atoms with Crippen molar-refractivity contribution < 1.29 is 14.3 Å². The molecule has 1 aromatic carbocycles. The van der Waals surface area contributed by atoms with E-state index in [-0.39, 0.29) is 6.03 Å². The van der Waals surface area contributed by atoms with E-state index in [1.807, 2.05) is 41.6 Å². The molecule has 7 heteroatoms. The van der Waals surface area contributed by atoms with Gasteiger partial charge in [0.2, 0.25) is 0 Å². The Morgan fingerprint density at radius 1 is 1.11 bits per heavy atom. The zero-order chi connectivity index (χ0) is 19.9. The number of aryl methyl sites for hydroxylation is 1. The van der Waals surface area contributed by atoms with Crippen LogP contribution in [0.2, 0.25) is 0 Å². The van der Waals surface area contributed by atoms with Gasteiger partial charge in [0.1, 0.15) is 0 Å². The summed E-state index contributed by atoms with van der Waals surface area (Å²) in [5.74, 6) is 1.41. The quantitative estimate of drug-likeness (QED) is 0.829. The SMILES string of the molecule is COc1ccc(CCNC(=O)N2CCN(c3ccncc3C)CC2)cc1OC. The molecule has 1 aliphatic heterocycles. The molecule has 0 radical (unpaired) electrons. The molecule has 0 atom stereocenters. The van der Waals surface area contributed by atoms with Crippen LogP contribution >= 0.6 is 0 Å². The number of hydrogen-bond acceptors (Lipinski definition) is 5. The number of amides is 2. The lowest BCUT2D eigenvalue weighted by Crippen LogP contribution is -2.52. The molecule has 7 nitrogen and oxygen atoms in total. The number of methoxy groups -OCH3 is 2. The normalized spacial score (nSPS) is 14.0. The van der Waals surface area contributed by atoms with E-state index in [9.17, 15) is 4.79 Å². The molecule has 1 aromatic heterocycles. The highest BCUT2D eigenvalue weighted by molar-refractivity contribution is 5.74. The average molecular weight is 384 g/mol. The van der Waals surface area contributed by atoms with Crippen molar-refractivity contribution in [1.82, 2.24) is 15.2 Å². The van der Waals surface area contributed by atoms with Crippen LogP contribution in [0, 0.1) is 6.92 Å². The van der Waals surface area contributed by atoms with Crippen molar-refractivity contribution in [2.24, 2.45) is 0 Å². The third-order valence-corrected chi connectivity index (χ3v) is 5.04. The maximum atomic E-state index is 12.5. The van der Waals surface area contributed by atoms with E-state index in [1.165, 1.54) is 5.69 Å². The van der Waals surface area contributed by atoms with Gasteiger partial charge in [0, 0.05) is 50.8 Å². The molecule has 2 amide bonds. The lowest BCUT2D eigenvalue weighted by Gasteiger charge is -2.36. The largest absolute Gasteiger partial charge is 0.493 e. The Morgan fingerprint density at radius 3 is 2.54 bits per heavy atom. The summed E-state index contributed by atoms with van der Waals surface area (Å²) in [6, 6.07) is 7.85. The van der Waals surface area contributed by atoms with Crippen LogP contribution < -0.4 is 19.7 Å². The number of benzene rings is 1. The van der Waals surface area contributed by atoms with Gasteiger partial charge >= 0.3 is 6.03 Å². The first kappa shape index (κ1) is 19.8. The second-order valence-corrected chi connectivity index (χ2v) is 6.81. The van der Waals surface area contributed by atoms with Crippen molar-refractivity contribution in [2.75, 3.05) is 51.8 Å². The third-order valence-electron chi connectivity index (χ3n) is 5.04. The lowest BCUT2D eigenvalue weighted by atomic mass is 10.1. The molecule has 1 saturated heterocycles. The van der Waals surface area contributed by atoms with Gasteiger partial charge < -0.3 is 24.6 Å². The average Bonchev–Trinajstić information content (AvgIpc) is 2.74. The molecule has 150 valence electrons. The van der Waals surface area contributed by atoms with Crippen LogP contribution in [0.5, 0.6) is 11.5 Å². The summed E-state index contributed by atoms with van der Waals surface area (Å²) in [4.78, 5) is 20.8. The third kappa shape index (κ3) is 4.65. The van der Waals surface area contributed by atoms with E-state index < -0.39 is 0 Å². The number of aromatic nitrogens is 1. The summed E-state index contributed by atoms with van der Waals surface area (Å²) in [5, 5.41) is 3.02. The Hall–Kier alpha value is -2.96. The van der Waals surface area contributed by atoms with Crippen LogP contribution in [0.4, 0.5) is 10.5 Å². The highest BCUT2D eigenvalue weighted by atomic mass is 16.5. The molecule has 0 bridgehead atoms. The van der Waals surface area contributed by atoms with Crippen LogP contribution in [0.3, 0.4) is 0 Å². The number of rotatable bonds is 6. The standard InChI is InChI=1S/C21H28N4O3/c1-16-15-22-8-7-18(16)24-10-12-25(13-11-24)21(26)23-9-6-17-4-5-19(27-2)20(14-17)28-3/h4-5,7-8,14-15H,6,9-13H2,1-3H3,(H,23,26). The van der Waals surface area contributed by atoms with Gasteiger partial charge in [-0.3, -0.25) is 4.98 Å². The van der Waals surface area contributed by atoms with Crippen LogP contribution in [0.15, 0.2) is 36.7 Å². The molecule has 0 saturated carbocycles. The number of anilines is 1. The molecule has 1 N–H and O–H groups in total. The number of nitrogens with one attached hydrogen (secondary N) is 1. The fraction of sp³-hybridized carbons (Fsp3) is 0.429. The first-order valence-electron chi connectivity index (χ1n) is 9.51. The molecule has 2 heterocycles. The van der Waals surface area contributed by atoms with E-state index in [0.717, 1.165) is 30.6 Å². The Labute approximate surface area is 166 Å². The summed E-state index contributed by atoms with van der Waals surface area (Å²) >= 11 is 0.